The Hall–Kier alpha value is -2.41. The van der Waals surface area contributed by atoms with Crippen molar-refractivity contribution in [2.24, 2.45) is 0 Å². The van der Waals surface area contributed by atoms with Crippen LogP contribution in [-0.4, -0.2) is 43.9 Å². The van der Waals surface area contributed by atoms with Crippen LogP contribution in [0, 0.1) is 5.82 Å². The summed E-state index contributed by atoms with van der Waals surface area (Å²) in [4.78, 5) is 21.9. The Balaban J connectivity index is 2.65. The van der Waals surface area contributed by atoms with Crippen LogP contribution in [0.3, 0.4) is 0 Å². The highest BCUT2D eigenvalue weighted by Gasteiger charge is 2.07. The fourth-order valence-corrected chi connectivity index (χ4v) is 1.43. The van der Waals surface area contributed by atoms with Crippen molar-refractivity contribution in [2.75, 3.05) is 26.9 Å². The fraction of sp³-hybridized carbons (Fsp3) is 0.286. The lowest BCUT2D eigenvalue weighted by Gasteiger charge is -2.09. The number of ether oxygens (including phenoxy) is 2. The van der Waals surface area contributed by atoms with Crippen LogP contribution in [-0.2, 0) is 14.3 Å². The van der Waals surface area contributed by atoms with Crippen LogP contribution in [0.15, 0.2) is 24.3 Å². The second kappa shape index (κ2) is 8.70. The molecule has 0 radical (unpaired) electrons. The molecule has 6 nitrogen and oxygen atoms in total. The molecule has 2 N–H and O–H groups in total. The van der Waals surface area contributed by atoms with Gasteiger partial charge in [0.1, 0.15) is 11.6 Å². The molecule has 21 heavy (non-hydrogen) atoms. The van der Waals surface area contributed by atoms with Crippen molar-refractivity contribution in [1.82, 2.24) is 5.32 Å². The number of carbonyl (C=O) groups excluding carboxylic acids is 1. The first kappa shape index (κ1) is 16.6. The zero-order valence-electron chi connectivity index (χ0n) is 11.5. The molecule has 0 bridgehead atoms. The fourth-order valence-electron chi connectivity index (χ4n) is 1.43. The maximum absolute atomic E-state index is 13.1. The minimum atomic E-state index is -1.16. The van der Waals surface area contributed by atoms with Gasteiger partial charge in [-0.15, -0.1) is 0 Å². The molecule has 0 aromatic heterocycles. The number of aliphatic carboxylic acids is 1. The molecule has 0 unspecified atom stereocenters. The molecule has 0 aliphatic heterocycles. The van der Waals surface area contributed by atoms with Gasteiger partial charge in [-0.25, -0.2) is 9.18 Å². The summed E-state index contributed by atoms with van der Waals surface area (Å²) >= 11 is 0. The highest BCUT2D eigenvalue weighted by molar-refractivity contribution is 5.86. The maximum Gasteiger partial charge on any atom is 0.328 e. The number of nitrogens with one attached hydrogen (secondary N) is 1. The molecular weight excluding hydrogens is 281 g/mol. The number of rotatable bonds is 8. The van der Waals surface area contributed by atoms with Crippen LogP contribution in [0.5, 0.6) is 5.75 Å². The van der Waals surface area contributed by atoms with Gasteiger partial charge in [-0.3, -0.25) is 4.79 Å². The lowest BCUT2D eigenvalue weighted by atomic mass is 10.2. The quantitative estimate of drug-likeness (QED) is 0.554. The van der Waals surface area contributed by atoms with Gasteiger partial charge < -0.3 is 19.9 Å². The van der Waals surface area contributed by atoms with Gasteiger partial charge in [0, 0.05) is 25.3 Å². The predicted molar refractivity (Wildman–Crippen MR) is 73.5 cm³/mol. The Morgan fingerprint density at radius 2 is 2.19 bits per heavy atom. The minimum absolute atomic E-state index is 0.218. The lowest BCUT2D eigenvalue weighted by Crippen LogP contribution is -2.31. The first-order valence-electron chi connectivity index (χ1n) is 6.12. The van der Waals surface area contributed by atoms with Crippen molar-refractivity contribution in [3.8, 4) is 5.75 Å². The molecule has 0 saturated heterocycles. The summed E-state index contributed by atoms with van der Waals surface area (Å²) in [6, 6.07) is 3.62. The third-order valence-electron chi connectivity index (χ3n) is 2.36. The van der Waals surface area contributed by atoms with Gasteiger partial charge in [0.15, 0.2) is 6.61 Å². The molecule has 1 rings (SSSR count). The van der Waals surface area contributed by atoms with Crippen molar-refractivity contribution in [1.29, 1.82) is 0 Å². The zero-order valence-corrected chi connectivity index (χ0v) is 11.5. The van der Waals surface area contributed by atoms with Crippen LogP contribution in [0.4, 0.5) is 4.39 Å². The molecule has 0 aliphatic rings. The van der Waals surface area contributed by atoms with Gasteiger partial charge in [0.25, 0.3) is 5.91 Å². The number of amides is 1. The second-order valence-corrected chi connectivity index (χ2v) is 3.99. The molecule has 1 aromatic rings. The Morgan fingerprint density at radius 3 is 2.86 bits per heavy atom. The van der Waals surface area contributed by atoms with Crippen molar-refractivity contribution in [3.05, 3.63) is 35.7 Å². The van der Waals surface area contributed by atoms with Gasteiger partial charge in [-0.05, 0) is 24.3 Å². The molecule has 114 valence electrons. The van der Waals surface area contributed by atoms with E-state index in [1.807, 2.05) is 0 Å². The van der Waals surface area contributed by atoms with Crippen LogP contribution >= 0.6 is 0 Å². The maximum atomic E-state index is 13.1. The summed E-state index contributed by atoms with van der Waals surface area (Å²) in [5.41, 5.74) is 0.238. The number of methoxy groups -OCH3 is 1. The van der Waals surface area contributed by atoms with Crippen LogP contribution in [0.2, 0.25) is 0 Å². The number of hydrogen-bond donors (Lipinski definition) is 2. The average molecular weight is 297 g/mol. The van der Waals surface area contributed by atoms with Crippen LogP contribution < -0.4 is 10.1 Å². The molecule has 0 atom stereocenters. The van der Waals surface area contributed by atoms with E-state index < -0.39 is 11.8 Å². The van der Waals surface area contributed by atoms with E-state index in [9.17, 15) is 14.0 Å². The summed E-state index contributed by atoms with van der Waals surface area (Å²) in [5.74, 6) is -1.83. The smallest absolute Gasteiger partial charge is 0.328 e. The van der Waals surface area contributed by atoms with E-state index in [1.54, 1.807) is 0 Å². The number of carboxylic acids is 1. The first-order valence-corrected chi connectivity index (χ1v) is 6.12. The summed E-state index contributed by atoms with van der Waals surface area (Å²) in [6.45, 7) is 0.478. The summed E-state index contributed by atoms with van der Waals surface area (Å²) in [6.07, 6.45) is 2.06. The topological polar surface area (TPSA) is 84.9 Å². The van der Waals surface area contributed by atoms with Crippen molar-refractivity contribution < 1.29 is 28.6 Å². The summed E-state index contributed by atoms with van der Waals surface area (Å²) < 4.78 is 23.2. The largest absolute Gasteiger partial charge is 0.483 e. The van der Waals surface area contributed by atoms with E-state index in [-0.39, 0.29) is 23.8 Å². The molecule has 0 aliphatic carbocycles. The second-order valence-electron chi connectivity index (χ2n) is 3.99. The van der Waals surface area contributed by atoms with Gasteiger partial charge in [-0.2, -0.15) is 0 Å². The Kier molecular flexibility index (Phi) is 6.90. The number of hydrogen-bond acceptors (Lipinski definition) is 4. The molecule has 1 amide bonds. The third kappa shape index (κ3) is 6.53. The summed E-state index contributed by atoms with van der Waals surface area (Å²) in [7, 11) is 1.52. The Labute approximate surface area is 121 Å². The van der Waals surface area contributed by atoms with E-state index in [1.165, 1.54) is 19.3 Å². The van der Waals surface area contributed by atoms with E-state index in [0.717, 1.165) is 18.2 Å². The monoisotopic (exact) mass is 297 g/mol. The van der Waals surface area contributed by atoms with Gasteiger partial charge in [-0.1, -0.05) is 0 Å². The molecule has 0 saturated carbocycles. The van der Waals surface area contributed by atoms with E-state index in [2.05, 4.69) is 5.32 Å². The van der Waals surface area contributed by atoms with Crippen molar-refractivity contribution in [2.45, 2.75) is 0 Å². The van der Waals surface area contributed by atoms with E-state index in [0.29, 0.717) is 13.2 Å². The molecule has 1 aromatic carbocycles. The SMILES string of the molecule is COCCNC(=O)COc1ccc(F)cc1/C=C/C(=O)O. The third-order valence-corrected chi connectivity index (χ3v) is 2.36. The first-order chi connectivity index (χ1) is 10.0. The standard InChI is InChI=1S/C14H16FNO5/c1-20-7-6-16-13(17)9-21-12-4-3-11(15)8-10(12)2-5-14(18)19/h2-5,8H,6-7,9H2,1H3,(H,16,17)(H,18,19)/b5-2+. The molecule has 0 fully saturated rings. The summed E-state index contributed by atoms with van der Waals surface area (Å²) in [5, 5.41) is 11.1. The van der Waals surface area contributed by atoms with E-state index in [4.69, 9.17) is 14.6 Å². The van der Waals surface area contributed by atoms with Crippen LogP contribution in [0.25, 0.3) is 6.08 Å². The van der Waals surface area contributed by atoms with Gasteiger partial charge in [0.05, 0.1) is 6.61 Å². The minimum Gasteiger partial charge on any atom is -0.483 e. The van der Waals surface area contributed by atoms with Gasteiger partial charge >= 0.3 is 5.97 Å². The Morgan fingerprint density at radius 1 is 1.43 bits per heavy atom. The van der Waals surface area contributed by atoms with Gasteiger partial charge in [0.2, 0.25) is 0 Å². The van der Waals surface area contributed by atoms with Crippen molar-refractivity contribution >= 4 is 18.0 Å². The van der Waals surface area contributed by atoms with Crippen LogP contribution in [0.1, 0.15) is 5.56 Å². The predicted octanol–water partition coefficient (Wildman–Crippen LogP) is 1.06. The molecule has 0 spiro atoms. The van der Waals surface area contributed by atoms with Crippen molar-refractivity contribution in [3.63, 3.8) is 0 Å². The normalized spacial score (nSPS) is 10.6. The molecule has 7 heteroatoms. The average Bonchev–Trinajstić information content (AvgIpc) is 2.44. The lowest BCUT2D eigenvalue weighted by molar-refractivity contribution is -0.131. The number of carbonyl (C=O) groups is 2. The van der Waals surface area contributed by atoms with E-state index >= 15 is 0 Å². The Bertz CT molecular complexity index is 530. The molecule has 0 heterocycles. The number of carboxylic acid groups (broad SMARTS) is 1. The zero-order chi connectivity index (χ0) is 15.7. The highest BCUT2D eigenvalue weighted by atomic mass is 19.1. The number of halogens is 1. The molecular formula is C14H16FNO5. The number of benzene rings is 1. The highest BCUT2D eigenvalue weighted by Crippen LogP contribution is 2.21.